The smallest absolute Gasteiger partial charge is 0.280 e. The predicted molar refractivity (Wildman–Crippen MR) is 103 cm³/mol. The highest BCUT2D eigenvalue weighted by molar-refractivity contribution is 6.03. The highest BCUT2D eigenvalue weighted by Crippen LogP contribution is 2.60. The first kappa shape index (κ1) is 18.9. The zero-order valence-corrected chi connectivity index (χ0v) is 16.1. The third kappa shape index (κ3) is 2.91. The Morgan fingerprint density at radius 3 is 2.73 bits per heavy atom. The van der Waals surface area contributed by atoms with Gasteiger partial charge in [0.25, 0.3) is 12.3 Å². The Morgan fingerprint density at radius 2 is 2.07 bits per heavy atom. The van der Waals surface area contributed by atoms with Crippen LogP contribution in [0.4, 0.5) is 18.9 Å². The van der Waals surface area contributed by atoms with Gasteiger partial charge in [0.05, 0.1) is 18.5 Å². The average molecular weight is 416 g/mol. The molecular formula is C21H19F3N4O2. The van der Waals surface area contributed by atoms with Gasteiger partial charge in [-0.25, -0.2) is 23.1 Å². The Labute approximate surface area is 170 Å². The maximum atomic E-state index is 14.0. The molecule has 9 heteroatoms. The van der Waals surface area contributed by atoms with Crippen LogP contribution in [-0.4, -0.2) is 33.6 Å². The summed E-state index contributed by atoms with van der Waals surface area (Å²) in [6, 6.07) is 5.50. The molecule has 156 valence electrons. The van der Waals surface area contributed by atoms with Gasteiger partial charge in [-0.2, -0.15) is 0 Å². The van der Waals surface area contributed by atoms with E-state index in [4.69, 9.17) is 4.74 Å². The number of ether oxygens (including phenoxy) is 1. The quantitative estimate of drug-likeness (QED) is 0.673. The molecule has 3 fully saturated rings. The van der Waals surface area contributed by atoms with Gasteiger partial charge in [0.1, 0.15) is 17.6 Å². The normalized spacial score (nSPS) is 24.8. The summed E-state index contributed by atoms with van der Waals surface area (Å²) in [6.07, 6.45) is 2.06. The molecule has 0 unspecified atom stereocenters. The summed E-state index contributed by atoms with van der Waals surface area (Å²) in [6.45, 7) is 0. The molecule has 0 saturated heterocycles. The molecule has 0 aliphatic heterocycles. The van der Waals surface area contributed by atoms with Gasteiger partial charge >= 0.3 is 0 Å². The summed E-state index contributed by atoms with van der Waals surface area (Å²) < 4.78 is 46.8. The lowest BCUT2D eigenvalue weighted by Gasteiger charge is -2.36. The Hall–Kier alpha value is -3.10. The average Bonchev–Trinajstić information content (AvgIpc) is 3.37. The minimum Gasteiger partial charge on any atom is -0.493 e. The van der Waals surface area contributed by atoms with Gasteiger partial charge in [0.15, 0.2) is 11.4 Å². The molecule has 2 bridgehead atoms. The number of nitrogens with zero attached hydrogens (tertiary/aromatic N) is 3. The lowest BCUT2D eigenvalue weighted by Crippen LogP contribution is -2.32. The van der Waals surface area contributed by atoms with Crippen LogP contribution in [0.5, 0.6) is 5.75 Å². The number of halogens is 3. The number of alkyl halides is 3. The molecular weight excluding hydrogens is 397 g/mol. The fraction of sp³-hybridized carbons (Fsp3) is 0.381. The van der Waals surface area contributed by atoms with Crippen LogP contribution in [0.25, 0.3) is 5.65 Å². The number of aromatic nitrogens is 3. The fourth-order valence-corrected chi connectivity index (χ4v) is 4.66. The van der Waals surface area contributed by atoms with E-state index in [1.165, 1.54) is 25.3 Å². The van der Waals surface area contributed by atoms with Crippen LogP contribution in [0.3, 0.4) is 0 Å². The van der Waals surface area contributed by atoms with Crippen molar-refractivity contribution in [3.63, 3.8) is 0 Å². The van der Waals surface area contributed by atoms with E-state index in [2.05, 4.69) is 15.3 Å². The number of hydrogen-bond donors (Lipinski definition) is 1. The molecule has 6 nitrogen and oxygen atoms in total. The van der Waals surface area contributed by atoms with Crippen molar-refractivity contribution < 1.29 is 22.7 Å². The van der Waals surface area contributed by atoms with Crippen molar-refractivity contribution in [3.05, 3.63) is 53.7 Å². The molecule has 3 aromatic heterocycles. The molecule has 6 rings (SSSR count). The molecule has 30 heavy (non-hydrogen) atoms. The van der Waals surface area contributed by atoms with E-state index in [0.717, 1.165) is 18.5 Å². The molecule has 3 aliphatic carbocycles. The highest BCUT2D eigenvalue weighted by Gasteiger charge is 2.58. The summed E-state index contributed by atoms with van der Waals surface area (Å²) in [5.41, 5.74) is 1.00. The minimum atomic E-state index is -2.76. The maximum absolute atomic E-state index is 14.0. The SMILES string of the molecule is COc1cc(NC(=O)c2cccc(C(F)F)n2)cn2cc(C34CC(C3)[C@@H](F)C4)nc12. The van der Waals surface area contributed by atoms with E-state index >= 15 is 0 Å². The molecule has 1 amide bonds. The van der Waals surface area contributed by atoms with Gasteiger partial charge in [-0.3, -0.25) is 4.79 Å². The van der Waals surface area contributed by atoms with Crippen molar-refractivity contribution in [1.29, 1.82) is 0 Å². The Bertz CT molecular complexity index is 1140. The van der Waals surface area contributed by atoms with Crippen LogP contribution < -0.4 is 10.1 Å². The highest BCUT2D eigenvalue weighted by atomic mass is 19.3. The van der Waals surface area contributed by atoms with E-state index < -0.39 is 24.2 Å². The molecule has 3 aromatic rings. The summed E-state index contributed by atoms with van der Waals surface area (Å²) in [4.78, 5) is 20.9. The number of carbonyl (C=O) groups is 1. The number of imidazole rings is 1. The van der Waals surface area contributed by atoms with Crippen LogP contribution in [-0.2, 0) is 5.41 Å². The first-order valence-electron chi connectivity index (χ1n) is 9.66. The fourth-order valence-electron chi connectivity index (χ4n) is 4.66. The predicted octanol–water partition coefficient (Wildman–Crippen LogP) is 4.32. The number of fused-ring (bicyclic) bond motifs is 2. The third-order valence-electron chi connectivity index (χ3n) is 6.17. The van der Waals surface area contributed by atoms with Crippen LogP contribution in [0.1, 0.15) is 47.6 Å². The molecule has 0 aromatic carbocycles. The number of methoxy groups -OCH3 is 1. The lowest BCUT2D eigenvalue weighted by atomic mass is 9.68. The second-order valence-corrected chi connectivity index (χ2v) is 8.03. The van der Waals surface area contributed by atoms with Gasteiger partial charge < -0.3 is 14.5 Å². The number of rotatable bonds is 5. The van der Waals surface area contributed by atoms with Crippen molar-refractivity contribution >= 4 is 17.2 Å². The molecule has 3 saturated carbocycles. The number of pyridine rings is 2. The van der Waals surface area contributed by atoms with Crippen molar-refractivity contribution in [2.75, 3.05) is 12.4 Å². The number of nitrogens with one attached hydrogen (secondary N) is 1. The van der Waals surface area contributed by atoms with Crippen LogP contribution in [0.15, 0.2) is 36.7 Å². The van der Waals surface area contributed by atoms with Crippen molar-refractivity contribution in [2.24, 2.45) is 5.92 Å². The first-order chi connectivity index (χ1) is 14.4. The minimum absolute atomic E-state index is 0.113. The summed E-state index contributed by atoms with van der Waals surface area (Å²) in [5, 5.41) is 2.66. The van der Waals surface area contributed by atoms with Crippen LogP contribution >= 0.6 is 0 Å². The second-order valence-electron chi connectivity index (χ2n) is 8.03. The van der Waals surface area contributed by atoms with Crippen molar-refractivity contribution in [3.8, 4) is 5.75 Å². The van der Waals surface area contributed by atoms with Crippen molar-refractivity contribution in [2.45, 2.75) is 37.3 Å². The molecule has 3 heterocycles. The van der Waals surface area contributed by atoms with E-state index in [0.29, 0.717) is 23.5 Å². The van der Waals surface area contributed by atoms with E-state index in [9.17, 15) is 18.0 Å². The van der Waals surface area contributed by atoms with Gasteiger partial charge in [0.2, 0.25) is 0 Å². The Balaban J connectivity index is 1.45. The third-order valence-corrected chi connectivity index (χ3v) is 6.17. The lowest BCUT2D eigenvalue weighted by molar-refractivity contribution is 0.102. The zero-order valence-electron chi connectivity index (χ0n) is 16.1. The van der Waals surface area contributed by atoms with Crippen LogP contribution in [0, 0.1) is 5.92 Å². The van der Waals surface area contributed by atoms with E-state index in [-0.39, 0.29) is 17.0 Å². The standard InChI is InChI=1S/C21H19F3N4O2/c1-30-16-5-12(25-20(29)15-4-2-3-14(26-15)18(23)24)9-28-10-17(27-19(16)28)21-6-11(7-21)13(22)8-21/h2-5,9-11,13,18H,6-8H2,1H3,(H,25,29)/t11?,13-,21?/m0/s1. The van der Waals surface area contributed by atoms with Gasteiger partial charge in [-0.1, -0.05) is 6.07 Å². The largest absolute Gasteiger partial charge is 0.493 e. The number of amides is 1. The molecule has 3 aliphatic rings. The van der Waals surface area contributed by atoms with Gasteiger partial charge in [0, 0.05) is 23.9 Å². The van der Waals surface area contributed by atoms with E-state index in [1.54, 1.807) is 16.7 Å². The Kier molecular flexibility index (Phi) is 4.23. The molecule has 0 radical (unpaired) electrons. The summed E-state index contributed by atoms with van der Waals surface area (Å²) in [7, 11) is 1.49. The number of anilines is 1. The first-order valence-corrected chi connectivity index (χ1v) is 9.66. The van der Waals surface area contributed by atoms with Gasteiger partial charge in [-0.05, 0) is 37.3 Å². The molecule has 1 N–H and O–H groups in total. The monoisotopic (exact) mass is 416 g/mol. The maximum Gasteiger partial charge on any atom is 0.280 e. The topological polar surface area (TPSA) is 68.5 Å². The van der Waals surface area contributed by atoms with E-state index in [1.807, 2.05) is 6.20 Å². The van der Waals surface area contributed by atoms with Crippen molar-refractivity contribution in [1.82, 2.24) is 14.4 Å². The van der Waals surface area contributed by atoms with Gasteiger partial charge in [-0.15, -0.1) is 0 Å². The number of carbonyl (C=O) groups excluding carboxylic acids is 1. The zero-order chi connectivity index (χ0) is 21.0. The van der Waals surface area contributed by atoms with Crippen LogP contribution in [0.2, 0.25) is 0 Å². The summed E-state index contributed by atoms with van der Waals surface area (Å²) in [5.74, 6) is -0.0470. The molecule has 1 atom stereocenters. The molecule has 0 spiro atoms. The Morgan fingerprint density at radius 1 is 1.27 bits per heavy atom. The second kappa shape index (κ2) is 6.72. The number of hydrogen-bond acceptors (Lipinski definition) is 4. The summed E-state index contributed by atoms with van der Waals surface area (Å²) >= 11 is 0.